The molecule has 2 aliphatic rings. The van der Waals surface area contributed by atoms with Crippen LogP contribution in [0.2, 0.25) is 0 Å². The van der Waals surface area contributed by atoms with Gasteiger partial charge in [-0.3, -0.25) is 14.7 Å². The van der Waals surface area contributed by atoms with Gasteiger partial charge in [0.15, 0.2) is 5.96 Å². The predicted molar refractivity (Wildman–Crippen MR) is 123 cm³/mol. The topological polar surface area (TPSA) is 51.2 Å². The minimum atomic E-state index is -0.0298. The summed E-state index contributed by atoms with van der Waals surface area (Å²) in [7, 11) is 1.84. The molecule has 6 heteroatoms. The molecule has 1 N–H and O–H groups in total. The summed E-state index contributed by atoms with van der Waals surface area (Å²) < 4.78 is 0. The maximum Gasteiger partial charge on any atom is 0.239 e. The normalized spacial score (nSPS) is 19.3. The van der Waals surface area contributed by atoms with Gasteiger partial charge in [0.25, 0.3) is 0 Å². The number of aliphatic imine (C=N–C) groups is 1. The second-order valence-electron chi connectivity index (χ2n) is 8.31. The fourth-order valence-corrected chi connectivity index (χ4v) is 4.54. The number of guanidine groups is 1. The Kier molecular flexibility index (Phi) is 6.53. The third kappa shape index (κ3) is 4.59. The summed E-state index contributed by atoms with van der Waals surface area (Å²) in [6.07, 6.45) is 2.29. The number of carbonyl (C=O) groups excluding carboxylic acids is 1. The lowest BCUT2D eigenvalue weighted by Gasteiger charge is -2.39. The minimum Gasteiger partial charge on any atom is -0.352 e. The van der Waals surface area contributed by atoms with Crippen molar-refractivity contribution < 1.29 is 4.79 Å². The highest BCUT2D eigenvalue weighted by atomic mass is 16.2. The molecule has 2 saturated heterocycles. The molecule has 2 fully saturated rings. The van der Waals surface area contributed by atoms with E-state index in [2.05, 4.69) is 69.5 Å². The predicted octanol–water partition coefficient (Wildman–Crippen LogP) is 2.54. The van der Waals surface area contributed by atoms with Gasteiger partial charge in [0.1, 0.15) is 0 Å². The molecule has 160 valence electrons. The van der Waals surface area contributed by atoms with Crippen LogP contribution < -0.4 is 5.32 Å². The van der Waals surface area contributed by atoms with E-state index >= 15 is 0 Å². The summed E-state index contributed by atoms with van der Waals surface area (Å²) in [5.41, 5.74) is 1.25. The van der Waals surface area contributed by atoms with Crippen molar-refractivity contribution in [2.24, 2.45) is 4.99 Å². The quantitative estimate of drug-likeness (QED) is 0.625. The molecular weight excluding hydrogens is 374 g/mol. The summed E-state index contributed by atoms with van der Waals surface area (Å²) in [4.78, 5) is 23.8. The highest BCUT2D eigenvalue weighted by molar-refractivity contribution is 5.84. The number of amides is 1. The molecule has 0 aromatic heterocycles. The van der Waals surface area contributed by atoms with E-state index in [9.17, 15) is 4.79 Å². The monoisotopic (exact) mass is 407 g/mol. The number of likely N-dealkylation sites (tertiary alicyclic amines) is 1. The molecule has 1 unspecified atom stereocenters. The van der Waals surface area contributed by atoms with Crippen LogP contribution in [0.5, 0.6) is 0 Å². The van der Waals surface area contributed by atoms with Crippen LogP contribution in [0.4, 0.5) is 0 Å². The van der Waals surface area contributed by atoms with Crippen LogP contribution in [0, 0.1) is 0 Å². The van der Waals surface area contributed by atoms with Gasteiger partial charge in [-0.25, -0.2) is 0 Å². The highest BCUT2D eigenvalue weighted by Crippen LogP contribution is 2.16. The Labute approximate surface area is 179 Å². The van der Waals surface area contributed by atoms with E-state index in [0.29, 0.717) is 5.91 Å². The van der Waals surface area contributed by atoms with E-state index in [0.717, 1.165) is 64.6 Å². The van der Waals surface area contributed by atoms with Crippen molar-refractivity contribution in [3.05, 3.63) is 48.0 Å². The van der Waals surface area contributed by atoms with E-state index in [1.165, 1.54) is 16.3 Å². The van der Waals surface area contributed by atoms with Gasteiger partial charge in [0.2, 0.25) is 5.91 Å². The first-order chi connectivity index (χ1) is 14.7. The Bertz CT molecular complexity index is 897. The molecule has 1 atom stereocenters. The Balaban J connectivity index is 1.29. The first-order valence-corrected chi connectivity index (χ1v) is 11.1. The van der Waals surface area contributed by atoms with Gasteiger partial charge in [-0.1, -0.05) is 36.4 Å². The zero-order chi connectivity index (χ0) is 20.9. The molecule has 30 heavy (non-hydrogen) atoms. The molecule has 2 aromatic rings. The van der Waals surface area contributed by atoms with E-state index in [-0.39, 0.29) is 6.04 Å². The summed E-state index contributed by atoms with van der Waals surface area (Å²) in [6, 6.07) is 15.0. The Hall–Kier alpha value is -2.60. The van der Waals surface area contributed by atoms with Crippen LogP contribution in [-0.2, 0) is 11.3 Å². The fraction of sp³-hybridized carbons (Fsp3) is 0.500. The molecule has 2 aliphatic heterocycles. The standard InChI is InChI=1S/C24H33N5O/c1-19(23(30)28-11-5-6-12-28)27-13-15-29(16-14-27)24(25-2)26-18-20-9-10-21-7-3-4-8-22(21)17-20/h3-4,7-10,17,19H,5-6,11-16,18H2,1-2H3,(H,25,26). The molecule has 0 saturated carbocycles. The summed E-state index contributed by atoms with van der Waals surface area (Å²) in [6.45, 7) is 8.20. The lowest BCUT2D eigenvalue weighted by molar-refractivity contribution is -0.135. The number of nitrogens with one attached hydrogen (secondary N) is 1. The van der Waals surface area contributed by atoms with Gasteiger partial charge in [-0.15, -0.1) is 0 Å². The molecule has 2 aromatic carbocycles. The van der Waals surface area contributed by atoms with Gasteiger partial charge in [0, 0.05) is 52.9 Å². The van der Waals surface area contributed by atoms with Crippen molar-refractivity contribution >= 4 is 22.6 Å². The van der Waals surface area contributed by atoms with Crippen molar-refractivity contribution in [1.82, 2.24) is 20.0 Å². The largest absolute Gasteiger partial charge is 0.352 e. The number of rotatable bonds is 4. The van der Waals surface area contributed by atoms with Crippen LogP contribution in [0.3, 0.4) is 0 Å². The second-order valence-corrected chi connectivity index (χ2v) is 8.31. The number of benzene rings is 2. The SMILES string of the molecule is CN=C(NCc1ccc2ccccc2c1)N1CCN(C(C)C(=O)N2CCCC2)CC1. The Morgan fingerprint density at radius 2 is 1.67 bits per heavy atom. The fourth-order valence-electron chi connectivity index (χ4n) is 4.54. The summed E-state index contributed by atoms with van der Waals surface area (Å²) >= 11 is 0. The Morgan fingerprint density at radius 3 is 2.37 bits per heavy atom. The van der Waals surface area contributed by atoms with E-state index in [1.807, 2.05) is 11.9 Å². The minimum absolute atomic E-state index is 0.0298. The van der Waals surface area contributed by atoms with Gasteiger partial charge in [0.05, 0.1) is 6.04 Å². The van der Waals surface area contributed by atoms with Gasteiger partial charge in [-0.05, 0) is 42.2 Å². The van der Waals surface area contributed by atoms with E-state index < -0.39 is 0 Å². The zero-order valence-corrected chi connectivity index (χ0v) is 18.2. The second kappa shape index (κ2) is 9.47. The molecule has 1 amide bonds. The van der Waals surface area contributed by atoms with Crippen LogP contribution in [0.15, 0.2) is 47.5 Å². The maximum atomic E-state index is 12.7. The molecular formula is C24H33N5O. The van der Waals surface area contributed by atoms with Crippen molar-refractivity contribution in [3.63, 3.8) is 0 Å². The van der Waals surface area contributed by atoms with Crippen LogP contribution in [0.1, 0.15) is 25.3 Å². The Morgan fingerprint density at radius 1 is 0.967 bits per heavy atom. The van der Waals surface area contributed by atoms with E-state index in [4.69, 9.17) is 0 Å². The number of hydrogen-bond acceptors (Lipinski definition) is 3. The summed E-state index contributed by atoms with van der Waals surface area (Å²) in [5.74, 6) is 1.22. The average Bonchev–Trinajstić information content (AvgIpc) is 3.34. The van der Waals surface area contributed by atoms with Crippen LogP contribution >= 0.6 is 0 Å². The smallest absolute Gasteiger partial charge is 0.239 e. The van der Waals surface area contributed by atoms with Gasteiger partial charge in [-0.2, -0.15) is 0 Å². The van der Waals surface area contributed by atoms with Crippen LogP contribution in [-0.4, -0.2) is 78.9 Å². The molecule has 0 bridgehead atoms. The van der Waals surface area contributed by atoms with Gasteiger partial charge < -0.3 is 15.1 Å². The van der Waals surface area contributed by atoms with Crippen molar-refractivity contribution in [3.8, 4) is 0 Å². The number of piperazine rings is 1. The molecule has 6 nitrogen and oxygen atoms in total. The highest BCUT2D eigenvalue weighted by Gasteiger charge is 2.30. The molecule has 0 spiro atoms. The van der Waals surface area contributed by atoms with Crippen molar-refractivity contribution in [1.29, 1.82) is 0 Å². The zero-order valence-electron chi connectivity index (χ0n) is 18.2. The number of nitrogens with zero attached hydrogens (tertiary/aromatic N) is 4. The first-order valence-electron chi connectivity index (χ1n) is 11.1. The van der Waals surface area contributed by atoms with Gasteiger partial charge >= 0.3 is 0 Å². The van der Waals surface area contributed by atoms with Crippen LogP contribution in [0.25, 0.3) is 10.8 Å². The van der Waals surface area contributed by atoms with E-state index in [1.54, 1.807) is 0 Å². The van der Waals surface area contributed by atoms with Crippen molar-refractivity contribution in [2.75, 3.05) is 46.3 Å². The van der Waals surface area contributed by atoms with Crippen molar-refractivity contribution in [2.45, 2.75) is 32.4 Å². The lowest BCUT2D eigenvalue weighted by atomic mass is 10.1. The molecule has 0 radical (unpaired) electrons. The third-order valence-electron chi connectivity index (χ3n) is 6.41. The summed E-state index contributed by atoms with van der Waals surface area (Å²) in [5, 5.41) is 6.04. The lowest BCUT2D eigenvalue weighted by Crippen LogP contribution is -2.57. The maximum absolute atomic E-state index is 12.7. The molecule has 2 heterocycles. The third-order valence-corrected chi connectivity index (χ3v) is 6.41. The number of hydrogen-bond donors (Lipinski definition) is 1. The molecule has 4 rings (SSSR count). The number of carbonyl (C=O) groups is 1. The average molecular weight is 408 g/mol. The molecule has 0 aliphatic carbocycles. The first kappa shape index (κ1) is 20.7. The number of fused-ring (bicyclic) bond motifs is 1.